The van der Waals surface area contributed by atoms with E-state index in [0.29, 0.717) is 5.76 Å². The number of anilines is 1. The topological polar surface area (TPSA) is 42.2 Å². The molecule has 3 aromatic rings. The summed E-state index contributed by atoms with van der Waals surface area (Å²) in [5.74, 6) is 1.20. The Balaban J connectivity index is 1.66. The number of carbonyl (C=O) groups is 1. The first-order chi connectivity index (χ1) is 11.2. The van der Waals surface area contributed by atoms with E-state index in [-0.39, 0.29) is 5.91 Å². The first kappa shape index (κ1) is 15.3. The first-order valence-corrected chi connectivity index (χ1v) is 7.90. The number of nitrogens with one attached hydrogen (secondary N) is 1. The molecule has 0 saturated carbocycles. The lowest BCUT2D eigenvalue weighted by Gasteiger charge is -2.00. The van der Waals surface area contributed by atoms with Crippen molar-refractivity contribution in [2.45, 2.75) is 0 Å². The van der Waals surface area contributed by atoms with E-state index in [1.165, 1.54) is 6.08 Å². The van der Waals surface area contributed by atoms with E-state index in [0.717, 1.165) is 21.5 Å². The molecule has 0 spiro atoms. The Labute approximate surface area is 142 Å². The van der Waals surface area contributed by atoms with E-state index in [4.69, 9.17) is 4.42 Å². The van der Waals surface area contributed by atoms with Gasteiger partial charge in [-0.2, -0.15) is 0 Å². The highest BCUT2D eigenvalue weighted by molar-refractivity contribution is 9.10. The van der Waals surface area contributed by atoms with E-state index in [1.54, 1.807) is 6.08 Å². The van der Waals surface area contributed by atoms with Gasteiger partial charge in [-0.15, -0.1) is 0 Å². The Kier molecular flexibility index (Phi) is 4.74. The van der Waals surface area contributed by atoms with Crippen LogP contribution in [-0.4, -0.2) is 5.91 Å². The zero-order valence-corrected chi connectivity index (χ0v) is 13.8. The molecule has 0 fully saturated rings. The van der Waals surface area contributed by atoms with Crippen molar-refractivity contribution in [2.24, 2.45) is 0 Å². The molecule has 0 bridgehead atoms. The Morgan fingerprint density at radius 3 is 2.43 bits per heavy atom. The third-order valence-corrected chi connectivity index (χ3v) is 3.72. The summed E-state index contributed by atoms with van der Waals surface area (Å²) in [6.07, 6.45) is 3.11. The highest BCUT2D eigenvalue weighted by Gasteiger charge is 2.03. The Bertz CT molecular complexity index is 820. The minimum atomic E-state index is -0.196. The molecule has 0 saturated heterocycles. The molecule has 0 aliphatic carbocycles. The number of furan rings is 1. The van der Waals surface area contributed by atoms with Crippen LogP contribution in [0, 0.1) is 0 Å². The van der Waals surface area contributed by atoms with Crippen LogP contribution in [0.4, 0.5) is 5.69 Å². The fourth-order valence-electron chi connectivity index (χ4n) is 2.07. The smallest absolute Gasteiger partial charge is 0.248 e. The number of hydrogen-bond donors (Lipinski definition) is 1. The first-order valence-electron chi connectivity index (χ1n) is 7.10. The molecule has 0 atom stereocenters. The molecule has 0 unspecified atom stereocenters. The Morgan fingerprint density at radius 1 is 0.957 bits per heavy atom. The molecular formula is C19H14BrNO2. The van der Waals surface area contributed by atoms with Gasteiger partial charge in [-0.3, -0.25) is 4.79 Å². The predicted octanol–water partition coefficient (Wildman–Crippen LogP) is 5.36. The molecule has 1 N–H and O–H groups in total. The third kappa shape index (κ3) is 4.20. The second-order valence-electron chi connectivity index (χ2n) is 4.90. The maximum Gasteiger partial charge on any atom is 0.248 e. The summed E-state index contributed by atoms with van der Waals surface area (Å²) >= 11 is 3.40. The van der Waals surface area contributed by atoms with Crippen LogP contribution in [0.2, 0.25) is 0 Å². The monoisotopic (exact) mass is 367 g/mol. The number of rotatable bonds is 4. The van der Waals surface area contributed by atoms with Crippen LogP contribution in [0.1, 0.15) is 5.76 Å². The normalized spacial score (nSPS) is 10.8. The van der Waals surface area contributed by atoms with Crippen LogP contribution in [0.5, 0.6) is 0 Å². The number of benzene rings is 2. The minimum absolute atomic E-state index is 0.196. The van der Waals surface area contributed by atoms with Crippen molar-refractivity contribution in [2.75, 3.05) is 5.32 Å². The number of para-hydroxylation sites is 1. The van der Waals surface area contributed by atoms with Crippen molar-refractivity contribution in [1.82, 2.24) is 0 Å². The Morgan fingerprint density at radius 2 is 1.70 bits per heavy atom. The van der Waals surface area contributed by atoms with Gasteiger partial charge in [-0.05, 0) is 42.5 Å². The number of amides is 1. The molecule has 1 aromatic heterocycles. The molecule has 3 nitrogen and oxygen atoms in total. The van der Waals surface area contributed by atoms with E-state index in [1.807, 2.05) is 66.7 Å². The largest absolute Gasteiger partial charge is 0.457 e. The quantitative estimate of drug-likeness (QED) is 0.630. The molecule has 4 heteroatoms. The second kappa shape index (κ2) is 7.11. The van der Waals surface area contributed by atoms with Gasteiger partial charge in [-0.1, -0.05) is 46.3 Å². The minimum Gasteiger partial charge on any atom is -0.457 e. The molecule has 0 aliphatic heterocycles. The predicted molar refractivity (Wildman–Crippen MR) is 95.9 cm³/mol. The Hall–Kier alpha value is -2.59. The average Bonchev–Trinajstić information content (AvgIpc) is 3.04. The third-order valence-electron chi connectivity index (χ3n) is 3.20. The molecule has 3 rings (SSSR count). The average molecular weight is 368 g/mol. The molecule has 0 aliphatic rings. The van der Waals surface area contributed by atoms with Gasteiger partial charge in [0, 0.05) is 21.8 Å². The van der Waals surface area contributed by atoms with Crippen molar-refractivity contribution in [3.63, 3.8) is 0 Å². The molecule has 1 heterocycles. The fourth-order valence-corrected chi connectivity index (χ4v) is 2.34. The van der Waals surface area contributed by atoms with E-state index >= 15 is 0 Å². The van der Waals surface area contributed by atoms with Gasteiger partial charge < -0.3 is 9.73 Å². The molecule has 23 heavy (non-hydrogen) atoms. The summed E-state index contributed by atoms with van der Waals surface area (Å²) in [6, 6.07) is 20.9. The van der Waals surface area contributed by atoms with Crippen molar-refractivity contribution in [3.05, 3.63) is 83.0 Å². The van der Waals surface area contributed by atoms with Gasteiger partial charge in [0.25, 0.3) is 0 Å². The molecule has 1 amide bonds. The van der Waals surface area contributed by atoms with Crippen molar-refractivity contribution in [1.29, 1.82) is 0 Å². The van der Waals surface area contributed by atoms with Crippen molar-refractivity contribution < 1.29 is 9.21 Å². The number of halogens is 1. The van der Waals surface area contributed by atoms with Crippen LogP contribution in [0.15, 0.2) is 81.7 Å². The molecule has 0 radical (unpaired) electrons. The fraction of sp³-hybridized carbons (Fsp3) is 0. The lowest BCUT2D eigenvalue weighted by atomic mass is 10.2. The molecule has 114 valence electrons. The number of hydrogen-bond acceptors (Lipinski definition) is 2. The summed E-state index contributed by atoms with van der Waals surface area (Å²) in [5, 5.41) is 2.78. The van der Waals surface area contributed by atoms with Crippen LogP contribution in [0.3, 0.4) is 0 Å². The van der Waals surface area contributed by atoms with E-state index in [2.05, 4.69) is 21.2 Å². The van der Waals surface area contributed by atoms with Crippen LogP contribution < -0.4 is 5.32 Å². The standard InChI is InChI=1S/C19H14BrNO2/c20-15-8-6-14(7-9-15)18-12-10-17(23-18)11-13-19(22)21-16-4-2-1-3-5-16/h1-13H,(H,21,22). The van der Waals surface area contributed by atoms with E-state index in [9.17, 15) is 4.79 Å². The summed E-state index contributed by atoms with van der Waals surface area (Å²) in [5.41, 5.74) is 1.75. The highest BCUT2D eigenvalue weighted by Crippen LogP contribution is 2.24. The van der Waals surface area contributed by atoms with Gasteiger partial charge in [0.1, 0.15) is 11.5 Å². The van der Waals surface area contributed by atoms with Gasteiger partial charge in [0.05, 0.1) is 0 Å². The lowest BCUT2D eigenvalue weighted by Crippen LogP contribution is -2.07. The highest BCUT2D eigenvalue weighted by atomic mass is 79.9. The lowest BCUT2D eigenvalue weighted by molar-refractivity contribution is -0.111. The van der Waals surface area contributed by atoms with E-state index < -0.39 is 0 Å². The summed E-state index contributed by atoms with van der Waals surface area (Å²) in [7, 11) is 0. The summed E-state index contributed by atoms with van der Waals surface area (Å²) in [6.45, 7) is 0. The van der Waals surface area contributed by atoms with Crippen LogP contribution in [0.25, 0.3) is 17.4 Å². The molecular weight excluding hydrogens is 354 g/mol. The van der Waals surface area contributed by atoms with Gasteiger partial charge >= 0.3 is 0 Å². The zero-order valence-electron chi connectivity index (χ0n) is 12.2. The van der Waals surface area contributed by atoms with Crippen LogP contribution >= 0.6 is 15.9 Å². The SMILES string of the molecule is O=C(C=Cc1ccc(-c2ccc(Br)cc2)o1)Nc1ccccc1. The van der Waals surface area contributed by atoms with Crippen LogP contribution in [-0.2, 0) is 4.79 Å². The van der Waals surface area contributed by atoms with Gasteiger partial charge in [0.2, 0.25) is 5.91 Å². The van der Waals surface area contributed by atoms with Gasteiger partial charge in [0.15, 0.2) is 0 Å². The molecule has 2 aromatic carbocycles. The summed E-state index contributed by atoms with van der Waals surface area (Å²) < 4.78 is 6.75. The van der Waals surface area contributed by atoms with Gasteiger partial charge in [-0.25, -0.2) is 0 Å². The number of carbonyl (C=O) groups excluding carboxylic acids is 1. The maximum absolute atomic E-state index is 11.9. The van der Waals surface area contributed by atoms with Crippen molar-refractivity contribution in [3.8, 4) is 11.3 Å². The zero-order chi connectivity index (χ0) is 16.1. The summed E-state index contributed by atoms with van der Waals surface area (Å²) in [4.78, 5) is 11.9. The maximum atomic E-state index is 11.9. The second-order valence-corrected chi connectivity index (χ2v) is 5.81. The van der Waals surface area contributed by atoms with Crippen molar-refractivity contribution >= 4 is 33.6 Å².